The number of carbonyl (C=O) groups excluding carboxylic acids is 2. The predicted molar refractivity (Wildman–Crippen MR) is 109 cm³/mol. The van der Waals surface area contributed by atoms with Crippen molar-refractivity contribution in [1.82, 2.24) is 14.7 Å². The number of likely N-dealkylation sites (tertiary alicyclic amines) is 1. The van der Waals surface area contributed by atoms with Crippen LogP contribution in [0.1, 0.15) is 31.2 Å². The Morgan fingerprint density at radius 2 is 1.63 bits per heavy atom. The van der Waals surface area contributed by atoms with Crippen molar-refractivity contribution < 1.29 is 9.59 Å². The lowest BCUT2D eigenvalue weighted by Crippen LogP contribution is -2.51. The molecule has 0 bridgehead atoms. The molecule has 2 amide bonds. The van der Waals surface area contributed by atoms with Gasteiger partial charge < -0.3 is 9.80 Å². The summed E-state index contributed by atoms with van der Waals surface area (Å²) in [7, 11) is 0. The Kier molecular flexibility index (Phi) is 7.30. The highest BCUT2D eigenvalue weighted by molar-refractivity contribution is 6.30. The number of nitrogens with zero attached hydrogens (tertiary/aromatic N) is 3. The van der Waals surface area contributed by atoms with Crippen LogP contribution in [0.15, 0.2) is 30.3 Å². The van der Waals surface area contributed by atoms with Crippen LogP contribution in [-0.4, -0.2) is 72.3 Å². The van der Waals surface area contributed by atoms with E-state index in [2.05, 4.69) is 4.90 Å². The van der Waals surface area contributed by atoms with Gasteiger partial charge in [0, 0.05) is 50.4 Å². The van der Waals surface area contributed by atoms with Gasteiger partial charge in [-0.15, -0.1) is 0 Å². The number of piperazine rings is 1. The highest BCUT2D eigenvalue weighted by Crippen LogP contribution is 2.13. The van der Waals surface area contributed by atoms with Crippen LogP contribution in [0.2, 0.25) is 5.02 Å². The molecule has 0 atom stereocenters. The number of halogens is 1. The lowest BCUT2D eigenvalue weighted by Gasteiger charge is -2.34. The van der Waals surface area contributed by atoms with Gasteiger partial charge in [-0.05, 0) is 36.6 Å². The quantitative estimate of drug-likeness (QED) is 0.744. The summed E-state index contributed by atoms with van der Waals surface area (Å²) in [6.07, 6.45) is 8.09. The molecule has 1 aromatic carbocycles. The van der Waals surface area contributed by atoms with Gasteiger partial charge in [-0.1, -0.05) is 36.6 Å². The minimum Gasteiger partial charge on any atom is -0.342 e. The van der Waals surface area contributed by atoms with E-state index in [4.69, 9.17) is 11.6 Å². The maximum atomic E-state index is 12.5. The molecule has 2 aliphatic heterocycles. The van der Waals surface area contributed by atoms with Crippen LogP contribution in [-0.2, 0) is 9.59 Å². The van der Waals surface area contributed by atoms with Crippen LogP contribution < -0.4 is 0 Å². The average molecular weight is 390 g/mol. The van der Waals surface area contributed by atoms with Gasteiger partial charge in [0.15, 0.2) is 0 Å². The second-order valence-electron chi connectivity index (χ2n) is 7.28. The van der Waals surface area contributed by atoms with Gasteiger partial charge in [0.25, 0.3) is 0 Å². The molecule has 2 saturated heterocycles. The van der Waals surface area contributed by atoms with Gasteiger partial charge in [-0.25, -0.2) is 0 Å². The molecule has 0 saturated carbocycles. The highest BCUT2D eigenvalue weighted by atomic mass is 35.5. The summed E-state index contributed by atoms with van der Waals surface area (Å²) >= 11 is 5.97. The van der Waals surface area contributed by atoms with Gasteiger partial charge >= 0.3 is 0 Å². The molecule has 0 radical (unpaired) electrons. The highest BCUT2D eigenvalue weighted by Gasteiger charge is 2.23. The first kappa shape index (κ1) is 19.9. The van der Waals surface area contributed by atoms with Crippen molar-refractivity contribution in [1.29, 1.82) is 0 Å². The number of benzene rings is 1. The molecule has 0 N–H and O–H groups in total. The lowest BCUT2D eigenvalue weighted by molar-refractivity contribution is -0.133. The molecule has 2 fully saturated rings. The average Bonchev–Trinajstić information content (AvgIpc) is 2.96. The van der Waals surface area contributed by atoms with E-state index in [1.165, 1.54) is 12.8 Å². The SMILES string of the molecule is O=C(/C=C/c1cccc(Cl)c1)N1CCN(CC(=O)N2CCCCCC2)CC1. The van der Waals surface area contributed by atoms with E-state index in [1.807, 2.05) is 34.1 Å². The third-order valence-electron chi connectivity index (χ3n) is 5.27. The van der Waals surface area contributed by atoms with E-state index in [9.17, 15) is 9.59 Å². The van der Waals surface area contributed by atoms with Crippen molar-refractivity contribution >= 4 is 29.5 Å². The van der Waals surface area contributed by atoms with E-state index in [1.54, 1.807) is 12.2 Å². The molecule has 1 aromatic rings. The topological polar surface area (TPSA) is 43.9 Å². The van der Waals surface area contributed by atoms with E-state index >= 15 is 0 Å². The predicted octanol–water partition coefficient (Wildman–Crippen LogP) is 2.90. The van der Waals surface area contributed by atoms with Crippen LogP contribution in [0.5, 0.6) is 0 Å². The zero-order valence-corrected chi connectivity index (χ0v) is 16.5. The number of amides is 2. The van der Waals surface area contributed by atoms with E-state index in [0.29, 0.717) is 24.7 Å². The Bertz CT molecular complexity index is 676. The van der Waals surface area contributed by atoms with Crippen LogP contribution >= 0.6 is 11.6 Å². The third kappa shape index (κ3) is 6.08. The molecule has 27 heavy (non-hydrogen) atoms. The summed E-state index contributed by atoms with van der Waals surface area (Å²) in [5.41, 5.74) is 0.914. The number of hydrogen-bond donors (Lipinski definition) is 0. The Hall–Kier alpha value is -1.85. The van der Waals surface area contributed by atoms with Crippen molar-refractivity contribution in [2.24, 2.45) is 0 Å². The molecule has 146 valence electrons. The molecular weight excluding hydrogens is 362 g/mol. The zero-order chi connectivity index (χ0) is 19.1. The van der Waals surface area contributed by atoms with Crippen molar-refractivity contribution in [3.8, 4) is 0 Å². The fourth-order valence-electron chi connectivity index (χ4n) is 3.62. The van der Waals surface area contributed by atoms with Gasteiger partial charge in [0.1, 0.15) is 0 Å². The number of hydrogen-bond acceptors (Lipinski definition) is 3. The molecule has 0 unspecified atom stereocenters. The van der Waals surface area contributed by atoms with Crippen molar-refractivity contribution in [3.63, 3.8) is 0 Å². The van der Waals surface area contributed by atoms with Crippen LogP contribution in [0.3, 0.4) is 0 Å². The normalized spacial score (nSPS) is 19.3. The molecule has 6 heteroatoms. The second-order valence-corrected chi connectivity index (χ2v) is 7.72. The van der Waals surface area contributed by atoms with E-state index in [0.717, 1.165) is 44.6 Å². The minimum absolute atomic E-state index is 0.00784. The van der Waals surface area contributed by atoms with Crippen molar-refractivity contribution in [2.45, 2.75) is 25.7 Å². The monoisotopic (exact) mass is 389 g/mol. The first-order chi connectivity index (χ1) is 13.1. The maximum absolute atomic E-state index is 12.5. The van der Waals surface area contributed by atoms with Gasteiger partial charge in [0.05, 0.1) is 6.54 Å². The van der Waals surface area contributed by atoms with Crippen molar-refractivity contribution in [3.05, 3.63) is 40.9 Å². The molecular formula is C21H28ClN3O2. The van der Waals surface area contributed by atoms with Crippen LogP contribution in [0.4, 0.5) is 0 Å². The van der Waals surface area contributed by atoms with E-state index in [-0.39, 0.29) is 11.8 Å². The third-order valence-corrected chi connectivity index (χ3v) is 5.50. The van der Waals surface area contributed by atoms with E-state index < -0.39 is 0 Å². The molecule has 3 rings (SSSR count). The molecule has 0 spiro atoms. The Morgan fingerprint density at radius 3 is 2.30 bits per heavy atom. The standard InChI is InChI=1S/C21H28ClN3O2/c22-19-7-5-6-18(16-19)8-9-20(26)25-14-12-23(13-15-25)17-21(27)24-10-3-1-2-4-11-24/h5-9,16H,1-4,10-15,17H2/b9-8+. The molecule has 2 heterocycles. The zero-order valence-electron chi connectivity index (χ0n) is 15.8. The minimum atomic E-state index is 0.00784. The Morgan fingerprint density at radius 1 is 0.926 bits per heavy atom. The summed E-state index contributed by atoms with van der Waals surface area (Å²) in [6.45, 7) is 5.07. The molecule has 2 aliphatic rings. The summed E-state index contributed by atoms with van der Waals surface area (Å²) in [4.78, 5) is 30.9. The smallest absolute Gasteiger partial charge is 0.246 e. The van der Waals surface area contributed by atoms with Gasteiger partial charge in [-0.3, -0.25) is 14.5 Å². The van der Waals surface area contributed by atoms with Crippen molar-refractivity contribution in [2.75, 3.05) is 45.8 Å². The summed E-state index contributed by atoms with van der Waals surface area (Å²) in [5.74, 6) is 0.242. The lowest BCUT2D eigenvalue weighted by atomic mass is 10.2. The largest absolute Gasteiger partial charge is 0.342 e. The summed E-state index contributed by atoms with van der Waals surface area (Å²) in [5, 5.41) is 0.660. The first-order valence-electron chi connectivity index (χ1n) is 9.84. The number of carbonyl (C=O) groups is 2. The number of rotatable bonds is 4. The summed E-state index contributed by atoms with van der Waals surface area (Å²) in [6, 6.07) is 7.43. The summed E-state index contributed by atoms with van der Waals surface area (Å²) < 4.78 is 0. The fourth-order valence-corrected chi connectivity index (χ4v) is 3.82. The fraction of sp³-hybridized carbons (Fsp3) is 0.524. The van der Waals surface area contributed by atoms with Crippen LogP contribution in [0.25, 0.3) is 6.08 Å². The Labute approximate surface area is 166 Å². The van der Waals surface area contributed by atoms with Gasteiger partial charge in [-0.2, -0.15) is 0 Å². The molecule has 0 aromatic heterocycles. The second kappa shape index (κ2) is 9.90. The van der Waals surface area contributed by atoms with Crippen LogP contribution in [0, 0.1) is 0 Å². The molecule has 5 nitrogen and oxygen atoms in total. The maximum Gasteiger partial charge on any atom is 0.246 e. The first-order valence-corrected chi connectivity index (χ1v) is 10.2. The van der Waals surface area contributed by atoms with Gasteiger partial charge in [0.2, 0.25) is 11.8 Å². The Balaban J connectivity index is 1.44. The molecule has 0 aliphatic carbocycles.